The summed E-state index contributed by atoms with van der Waals surface area (Å²) in [6.45, 7) is 5.28. The zero-order valence-corrected chi connectivity index (χ0v) is 15.7. The van der Waals surface area contributed by atoms with Gasteiger partial charge in [0.25, 0.3) is 0 Å². The fourth-order valence-corrected chi connectivity index (χ4v) is 5.03. The molecule has 0 aromatic heterocycles. The van der Waals surface area contributed by atoms with Crippen LogP contribution in [-0.2, 0) is 18.8 Å². The molecule has 0 N–H and O–H groups in total. The van der Waals surface area contributed by atoms with Gasteiger partial charge in [0.15, 0.2) is 0 Å². The Balaban J connectivity index is 2.75. The first kappa shape index (κ1) is 20.2. The van der Waals surface area contributed by atoms with Crippen LogP contribution >= 0.6 is 7.60 Å². The summed E-state index contributed by atoms with van der Waals surface area (Å²) in [5.41, 5.74) is 0.224. The zero-order chi connectivity index (χ0) is 19.4. The minimum atomic E-state index is -3.78. The summed E-state index contributed by atoms with van der Waals surface area (Å²) >= 11 is 0. The molecule has 0 amide bonds. The molecule has 26 heavy (non-hydrogen) atoms. The normalized spacial score (nSPS) is 14.0. The molecular formula is C18H21FNO5P. The highest BCUT2D eigenvalue weighted by molar-refractivity contribution is 7.55. The Labute approximate surface area is 151 Å². The van der Waals surface area contributed by atoms with Crippen molar-refractivity contribution in [3.05, 3.63) is 75.6 Å². The van der Waals surface area contributed by atoms with E-state index in [0.717, 1.165) is 12.1 Å². The summed E-state index contributed by atoms with van der Waals surface area (Å²) < 4.78 is 39.0. The van der Waals surface area contributed by atoms with Gasteiger partial charge in [-0.2, -0.15) is 4.39 Å². The van der Waals surface area contributed by atoms with Crippen molar-refractivity contribution in [2.75, 3.05) is 13.2 Å². The van der Waals surface area contributed by atoms with E-state index >= 15 is 0 Å². The minimum Gasteiger partial charge on any atom is -0.308 e. The number of nitro benzene ring substituents is 1. The Morgan fingerprint density at radius 2 is 1.65 bits per heavy atom. The van der Waals surface area contributed by atoms with E-state index in [4.69, 9.17) is 9.05 Å². The van der Waals surface area contributed by atoms with Crippen molar-refractivity contribution in [3.63, 3.8) is 0 Å². The lowest BCUT2D eigenvalue weighted by atomic mass is 9.91. The molecule has 0 aliphatic heterocycles. The molecule has 0 aliphatic carbocycles. The third kappa shape index (κ3) is 3.56. The maximum absolute atomic E-state index is 14.3. The number of nitro groups is 1. The molecule has 0 bridgehead atoms. The Morgan fingerprint density at radius 1 is 1.08 bits per heavy atom. The van der Waals surface area contributed by atoms with Crippen LogP contribution in [0.4, 0.5) is 10.1 Å². The highest BCUT2D eigenvalue weighted by atomic mass is 31.2. The lowest BCUT2D eigenvalue weighted by molar-refractivity contribution is -0.387. The second-order valence-corrected chi connectivity index (χ2v) is 8.10. The molecule has 0 spiro atoms. The van der Waals surface area contributed by atoms with E-state index < -0.39 is 29.2 Å². The summed E-state index contributed by atoms with van der Waals surface area (Å²) in [4.78, 5) is 10.1. The predicted molar refractivity (Wildman–Crippen MR) is 96.8 cm³/mol. The van der Waals surface area contributed by atoms with Gasteiger partial charge < -0.3 is 9.05 Å². The van der Waals surface area contributed by atoms with Crippen LogP contribution in [0.1, 0.15) is 31.9 Å². The SMILES string of the molecule is CCOP(=O)(OCC)C(C)(c1ccccc1)c1ccc([N+](=O)[O-])c(F)c1. The third-order valence-electron chi connectivity index (χ3n) is 4.19. The second-order valence-electron chi connectivity index (χ2n) is 5.69. The highest BCUT2D eigenvalue weighted by Gasteiger charge is 2.50. The van der Waals surface area contributed by atoms with Crippen LogP contribution in [0.2, 0.25) is 0 Å². The molecule has 0 aliphatic rings. The smallest absolute Gasteiger partial charge is 0.308 e. The number of hydrogen-bond donors (Lipinski definition) is 0. The number of halogens is 1. The second kappa shape index (κ2) is 8.08. The topological polar surface area (TPSA) is 78.7 Å². The fraction of sp³-hybridized carbons (Fsp3) is 0.333. The lowest BCUT2D eigenvalue weighted by Gasteiger charge is -2.36. The van der Waals surface area contributed by atoms with Gasteiger partial charge in [0, 0.05) is 6.07 Å². The quantitative estimate of drug-likeness (QED) is 0.354. The van der Waals surface area contributed by atoms with E-state index in [2.05, 4.69) is 0 Å². The molecule has 0 saturated heterocycles. The van der Waals surface area contributed by atoms with Crippen LogP contribution in [0.25, 0.3) is 0 Å². The van der Waals surface area contributed by atoms with Gasteiger partial charge in [-0.1, -0.05) is 36.4 Å². The van der Waals surface area contributed by atoms with Crippen molar-refractivity contribution in [1.82, 2.24) is 0 Å². The monoisotopic (exact) mass is 381 g/mol. The first-order valence-electron chi connectivity index (χ1n) is 8.19. The zero-order valence-electron chi connectivity index (χ0n) is 14.8. The summed E-state index contributed by atoms with van der Waals surface area (Å²) in [5, 5.41) is 9.58. The number of hydrogen-bond acceptors (Lipinski definition) is 5. The van der Waals surface area contributed by atoms with Crippen molar-refractivity contribution in [1.29, 1.82) is 0 Å². The first-order valence-corrected chi connectivity index (χ1v) is 9.73. The van der Waals surface area contributed by atoms with Crippen LogP contribution in [-0.4, -0.2) is 18.1 Å². The standard InChI is InChI=1S/C18H21FNO5P/c1-4-24-26(23,25-5-2)18(3,14-9-7-6-8-10-14)15-11-12-17(20(21)22)16(19)13-15/h6-13H,4-5H2,1-3H3. The Bertz CT molecular complexity index is 820. The predicted octanol–water partition coefficient (Wildman–Crippen LogP) is 5.26. The molecule has 1 unspecified atom stereocenters. The number of rotatable bonds is 8. The van der Waals surface area contributed by atoms with Gasteiger partial charge in [-0.25, -0.2) is 0 Å². The fourth-order valence-electron chi connectivity index (χ4n) is 2.84. The molecule has 2 aromatic rings. The third-order valence-corrected chi connectivity index (χ3v) is 7.00. The molecule has 2 aromatic carbocycles. The summed E-state index contributed by atoms with van der Waals surface area (Å²) in [6.07, 6.45) is 0. The van der Waals surface area contributed by atoms with Gasteiger partial charge in [0.2, 0.25) is 5.82 Å². The van der Waals surface area contributed by atoms with Crippen molar-refractivity contribution in [2.24, 2.45) is 0 Å². The maximum Gasteiger partial charge on any atom is 0.345 e. The Hall–Kier alpha value is -2.08. The largest absolute Gasteiger partial charge is 0.345 e. The summed E-state index contributed by atoms with van der Waals surface area (Å²) in [7, 11) is -3.78. The van der Waals surface area contributed by atoms with Crippen LogP contribution < -0.4 is 0 Å². The summed E-state index contributed by atoms with van der Waals surface area (Å²) in [5.74, 6) is -1.01. The Morgan fingerprint density at radius 3 is 2.12 bits per heavy atom. The molecule has 1 atom stereocenters. The molecule has 140 valence electrons. The van der Waals surface area contributed by atoms with Crippen LogP contribution in [0.5, 0.6) is 0 Å². The minimum absolute atomic E-state index is 0.134. The van der Waals surface area contributed by atoms with E-state index in [1.54, 1.807) is 51.1 Å². The van der Waals surface area contributed by atoms with Crippen LogP contribution in [0, 0.1) is 15.9 Å². The lowest BCUT2D eigenvalue weighted by Crippen LogP contribution is -2.27. The van der Waals surface area contributed by atoms with Crippen LogP contribution in [0.15, 0.2) is 48.5 Å². The van der Waals surface area contributed by atoms with E-state index in [0.29, 0.717) is 5.56 Å². The Kier molecular flexibility index (Phi) is 6.29. The van der Waals surface area contributed by atoms with E-state index in [1.165, 1.54) is 6.07 Å². The van der Waals surface area contributed by atoms with E-state index in [1.807, 2.05) is 0 Å². The van der Waals surface area contributed by atoms with Gasteiger partial charge in [0.05, 0.1) is 18.1 Å². The van der Waals surface area contributed by atoms with E-state index in [9.17, 15) is 19.1 Å². The molecule has 0 saturated carbocycles. The maximum atomic E-state index is 14.3. The molecular weight excluding hydrogens is 360 g/mol. The highest BCUT2D eigenvalue weighted by Crippen LogP contribution is 2.67. The van der Waals surface area contributed by atoms with Gasteiger partial charge >= 0.3 is 13.3 Å². The first-order chi connectivity index (χ1) is 12.3. The van der Waals surface area contributed by atoms with Crippen molar-refractivity contribution >= 4 is 13.3 Å². The van der Waals surface area contributed by atoms with E-state index in [-0.39, 0.29) is 18.8 Å². The number of benzene rings is 2. The van der Waals surface area contributed by atoms with Gasteiger partial charge in [-0.05, 0) is 38.0 Å². The molecule has 0 radical (unpaired) electrons. The molecule has 2 rings (SSSR count). The number of nitrogens with zero attached hydrogens (tertiary/aromatic N) is 1. The van der Waals surface area contributed by atoms with Crippen LogP contribution in [0.3, 0.4) is 0 Å². The molecule has 8 heteroatoms. The van der Waals surface area contributed by atoms with Crippen molar-refractivity contribution < 1.29 is 22.9 Å². The van der Waals surface area contributed by atoms with Gasteiger partial charge in [-0.3, -0.25) is 14.7 Å². The van der Waals surface area contributed by atoms with Crippen molar-refractivity contribution in [2.45, 2.75) is 25.9 Å². The average Bonchev–Trinajstić information content (AvgIpc) is 2.61. The average molecular weight is 381 g/mol. The molecule has 0 fully saturated rings. The van der Waals surface area contributed by atoms with Gasteiger partial charge in [-0.15, -0.1) is 0 Å². The summed E-state index contributed by atoms with van der Waals surface area (Å²) in [6, 6.07) is 12.3. The molecule has 0 heterocycles. The van der Waals surface area contributed by atoms with Gasteiger partial charge in [0.1, 0.15) is 5.16 Å². The van der Waals surface area contributed by atoms with Crippen molar-refractivity contribution in [3.8, 4) is 0 Å². The molecule has 6 nitrogen and oxygen atoms in total.